The van der Waals surface area contributed by atoms with E-state index in [9.17, 15) is 9.59 Å². The van der Waals surface area contributed by atoms with Crippen molar-refractivity contribution in [3.8, 4) is 11.4 Å². The number of aromatic nitrogens is 3. The van der Waals surface area contributed by atoms with Crippen LogP contribution in [0.25, 0.3) is 11.4 Å². The second-order valence-corrected chi connectivity index (χ2v) is 8.20. The lowest BCUT2D eigenvalue weighted by atomic mass is 9.96. The van der Waals surface area contributed by atoms with E-state index in [1.807, 2.05) is 31.2 Å². The van der Waals surface area contributed by atoms with Gasteiger partial charge in [0.05, 0.1) is 5.25 Å². The van der Waals surface area contributed by atoms with E-state index in [0.29, 0.717) is 11.0 Å². The minimum atomic E-state index is -0.483. The van der Waals surface area contributed by atoms with E-state index in [0.717, 1.165) is 31.2 Å². The molecule has 1 aliphatic carbocycles. The normalized spacial score (nSPS) is 15.9. The topological polar surface area (TPSA) is 99.8 Å². The number of hydrogen-bond donors (Lipinski definition) is 3. The van der Waals surface area contributed by atoms with Crippen molar-refractivity contribution < 1.29 is 9.59 Å². The Morgan fingerprint density at radius 3 is 2.59 bits per heavy atom. The Hall–Kier alpha value is -2.35. The van der Waals surface area contributed by atoms with Crippen molar-refractivity contribution in [3.05, 3.63) is 29.8 Å². The number of nitrogens with one attached hydrogen (secondary N) is 3. The summed E-state index contributed by atoms with van der Waals surface area (Å²) < 4.78 is 0. The Morgan fingerprint density at radius 1 is 1.19 bits per heavy atom. The predicted molar refractivity (Wildman–Crippen MR) is 105 cm³/mol. The maximum atomic E-state index is 12.3. The molecule has 2 aromatic rings. The van der Waals surface area contributed by atoms with Crippen LogP contribution in [0, 0.1) is 6.92 Å². The van der Waals surface area contributed by atoms with E-state index in [-0.39, 0.29) is 11.9 Å². The van der Waals surface area contributed by atoms with Crippen molar-refractivity contribution in [2.75, 3.05) is 0 Å². The summed E-state index contributed by atoms with van der Waals surface area (Å²) in [5.41, 5.74) is 2.11. The molecule has 1 fully saturated rings. The van der Waals surface area contributed by atoms with Crippen LogP contribution in [0.3, 0.4) is 0 Å². The molecule has 0 spiro atoms. The largest absolute Gasteiger partial charge is 0.335 e. The van der Waals surface area contributed by atoms with Gasteiger partial charge in [0, 0.05) is 11.6 Å². The Bertz CT molecular complexity index is 784. The fourth-order valence-corrected chi connectivity index (χ4v) is 3.76. The fraction of sp³-hybridized carbons (Fsp3) is 0.474. The number of nitrogens with zero attached hydrogens (tertiary/aromatic N) is 2. The quantitative estimate of drug-likeness (QED) is 0.683. The van der Waals surface area contributed by atoms with Crippen LogP contribution in [0.15, 0.2) is 29.4 Å². The molecule has 3 amide bonds. The molecule has 1 heterocycles. The van der Waals surface area contributed by atoms with Gasteiger partial charge in [-0.3, -0.25) is 15.2 Å². The van der Waals surface area contributed by atoms with Gasteiger partial charge in [0.15, 0.2) is 5.82 Å². The maximum absolute atomic E-state index is 12.3. The third-order valence-corrected chi connectivity index (χ3v) is 5.58. The van der Waals surface area contributed by atoms with Gasteiger partial charge in [-0.2, -0.15) is 0 Å². The highest BCUT2D eigenvalue weighted by molar-refractivity contribution is 8.00. The van der Waals surface area contributed by atoms with Gasteiger partial charge in [0.25, 0.3) is 0 Å². The van der Waals surface area contributed by atoms with Crippen LogP contribution in [-0.2, 0) is 4.79 Å². The molecule has 3 rings (SSSR count). The third kappa shape index (κ3) is 5.56. The highest BCUT2D eigenvalue weighted by Crippen LogP contribution is 2.23. The van der Waals surface area contributed by atoms with Gasteiger partial charge >= 0.3 is 6.03 Å². The van der Waals surface area contributed by atoms with Crippen molar-refractivity contribution in [2.45, 2.75) is 62.4 Å². The Labute approximate surface area is 163 Å². The van der Waals surface area contributed by atoms with E-state index < -0.39 is 11.3 Å². The molecule has 3 N–H and O–H groups in total. The molecule has 144 valence electrons. The van der Waals surface area contributed by atoms with Crippen molar-refractivity contribution in [1.82, 2.24) is 25.8 Å². The number of aryl methyl sites for hydroxylation is 1. The molecule has 8 heteroatoms. The van der Waals surface area contributed by atoms with Crippen LogP contribution < -0.4 is 10.6 Å². The highest BCUT2D eigenvalue weighted by Gasteiger charge is 2.21. The molecule has 0 unspecified atom stereocenters. The summed E-state index contributed by atoms with van der Waals surface area (Å²) in [5, 5.41) is 12.3. The summed E-state index contributed by atoms with van der Waals surface area (Å²) in [7, 11) is 0. The second-order valence-electron chi connectivity index (χ2n) is 6.89. The molecular formula is C19H25N5O2S. The van der Waals surface area contributed by atoms with E-state index in [2.05, 4.69) is 25.8 Å². The summed E-state index contributed by atoms with van der Waals surface area (Å²) in [4.78, 5) is 28.7. The van der Waals surface area contributed by atoms with Crippen LogP contribution in [0.2, 0.25) is 0 Å². The summed E-state index contributed by atoms with van der Waals surface area (Å²) in [6.07, 6.45) is 5.42. The van der Waals surface area contributed by atoms with Gasteiger partial charge in [-0.1, -0.05) is 60.9 Å². The van der Waals surface area contributed by atoms with Crippen molar-refractivity contribution in [1.29, 1.82) is 0 Å². The summed E-state index contributed by atoms with van der Waals surface area (Å²) in [6, 6.07) is 7.69. The number of benzene rings is 1. The molecule has 0 bridgehead atoms. The lowest BCUT2D eigenvalue weighted by molar-refractivity contribution is -0.119. The Balaban J connectivity index is 1.50. The third-order valence-electron chi connectivity index (χ3n) is 4.62. The number of carbonyl (C=O) groups is 2. The minimum Gasteiger partial charge on any atom is -0.335 e. The van der Waals surface area contributed by atoms with Crippen LogP contribution in [0.1, 0.15) is 44.6 Å². The Morgan fingerprint density at radius 2 is 1.89 bits per heavy atom. The van der Waals surface area contributed by atoms with Gasteiger partial charge in [0.1, 0.15) is 0 Å². The zero-order valence-corrected chi connectivity index (χ0v) is 16.4. The monoisotopic (exact) mass is 387 g/mol. The fourth-order valence-electron chi connectivity index (χ4n) is 3.03. The van der Waals surface area contributed by atoms with E-state index >= 15 is 0 Å². The van der Waals surface area contributed by atoms with E-state index in [1.165, 1.54) is 23.7 Å². The molecule has 1 aromatic carbocycles. The number of carbonyl (C=O) groups excluding carboxylic acids is 2. The molecule has 0 radical (unpaired) electrons. The van der Waals surface area contributed by atoms with Gasteiger partial charge in [-0.15, -0.1) is 5.10 Å². The molecule has 27 heavy (non-hydrogen) atoms. The maximum Gasteiger partial charge on any atom is 0.321 e. The zero-order valence-electron chi connectivity index (χ0n) is 15.6. The number of aromatic amines is 1. The number of H-pyrrole nitrogens is 1. The van der Waals surface area contributed by atoms with Gasteiger partial charge in [-0.05, 0) is 26.7 Å². The minimum absolute atomic E-state index is 0.166. The SMILES string of the molecule is Cc1ccc(-c2nc(S[C@H](C)C(=O)NC(=O)NC3CCCCC3)n[nH]2)cc1. The average Bonchev–Trinajstić information content (AvgIpc) is 3.11. The number of thioether (sulfide) groups is 1. The van der Waals surface area contributed by atoms with Crippen molar-refractivity contribution in [3.63, 3.8) is 0 Å². The van der Waals surface area contributed by atoms with E-state index in [4.69, 9.17) is 0 Å². The molecule has 7 nitrogen and oxygen atoms in total. The molecular weight excluding hydrogens is 362 g/mol. The molecule has 0 aliphatic heterocycles. The number of rotatable bonds is 5. The molecule has 1 atom stereocenters. The van der Waals surface area contributed by atoms with Crippen LogP contribution in [0.4, 0.5) is 4.79 Å². The molecule has 1 saturated carbocycles. The molecule has 1 aromatic heterocycles. The zero-order chi connectivity index (χ0) is 19.2. The lowest BCUT2D eigenvalue weighted by Crippen LogP contribution is -2.47. The van der Waals surface area contributed by atoms with Gasteiger partial charge in [-0.25, -0.2) is 9.78 Å². The molecule has 1 aliphatic rings. The van der Waals surface area contributed by atoms with E-state index in [1.54, 1.807) is 6.92 Å². The van der Waals surface area contributed by atoms with Crippen molar-refractivity contribution in [2.24, 2.45) is 0 Å². The van der Waals surface area contributed by atoms with Crippen LogP contribution in [-0.4, -0.2) is 38.4 Å². The molecule has 0 saturated heterocycles. The first kappa shape index (κ1) is 19.4. The van der Waals surface area contributed by atoms with Crippen LogP contribution in [0.5, 0.6) is 0 Å². The Kier molecular flexibility index (Phi) is 6.49. The number of amides is 3. The summed E-state index contributed by atoms with van der Waals surface area (Å²) in [6.45, 7) is 3.76. The lowest BCUT2D eigenvalue weighted by Gasteiger charge is -2.22. The second kappa shape index (κ2) is 9.03. The van der Waals surface area contributed by atoms with Crippen LogP contribution >= 0.6 is 11.8 Å². The number of hydrogen-bond acceptors (Lipinski definition) is 5. The first-order valence-corrected chi connectivity index (χ1v) is 10.2. The summed E-state index contributed by atoms with van der Waals surface area (Å²) in [5.74, 6) is 0.301. The van der Waals surface area contributed by atoms with Gasteiger partial charge in [0.2, 0.25) is 11.1 Å². The number of urea groups is 1. The smallest absolute Gasteiger partial charge is 0.321 e. The van der Waals surface area contributed by atoms with Crippen molar-refractivity contribution >= 4 is 23.7 Å². The standard InChI is InChI=1S/C19H25N5O2S/c1-12-8-10-14(11-9-12)16-21-19(24-23-16)27-13(2)17(25)22-18(26)20-15-6-4-3-5-7-15/h8-11,13,15H,3-7H2,1-2H3,(H,21,23,24)(H2,20,22,25,26)/t13-/m1/s1. The number of imide groups is 1. The van der Waals surface area contributed by atoms with Gasteiger partial charge < -0.3 is 5.32 Å². The first-order valence-electron chi connectivity index (χ1n) is 9.29. The summed E-state index contributed by atoms with van der Waals surface area (Å²) >= 11 is 1.21. The average molecular weight is 388 g/mol. The highest BCUT2D eigenvalue weighted by atomic mass is 32.2. The first-order chi connectivity index (χ1) is 13.0. The predicted octanol–water partition coefficient (Wildman–Crippen LogP) is 3.42.